The number of carbonyl (C=O) groups excluding carboxylic acids is 1. The second-order valence-electron chi connectivity index (χ2n) is 7.77. The third kappa shape index (κ3) is 1.64. The van der Waals surface area contributed by atoms with E-state index >= 15 is 0 Å². The van der Waals surface area contributed by atoms with Crippen molar-refractivity contribution in [3.05, 3.63) is 0 Å². The average Bonchev–Trinajstić information content (AvgIpc) is 2.88. The average molecular weight is 280 g/mol. The number of amides is 1. The predicted molar refractivity (Wildman–Crippen MR) is 78.1 cm³/mol. The lowest BCUT2D eigenvalue weighted by Gasteiger charge is -2.62. The fourth-order valence-corrected chi connectivity index (χ4v) is 4.53. The van der Waals surface area contributed by atoms with Crippen molar-refractivity contribution in [3.8, 4) is 0 Å². The van der Waals surface area contributed by atoms with Crippen LogP contribution < -0.4 is 5.73 Å². The third-order valence-electron chi connectivity index (χ3n) is 6.43. The molecule has 4 heteroatoms. The van der Waals surface area contributed by atoms with Gasteiger partial charge in [-0.3, -0.25) is 4.79 Å². The topological polar surface area (TPSA) is 55.6 Å². The Morgan fingerprint density at radius 3 is 2.60 bits per heavy atom. The summed E-state index contributed by atoms with van der Waals surface area (Å²) in [6.45, 7) is 11.2. The van der Waals surface area contributed by atoms with Crippen LogP contribution in [0.5, 0.6) is 0 Å². The van der Waals surface area contributed by atoms with Gasteiger partial charge in [0.1, 0.15) is 5.54 Å². The molecule has 1 aliphatic carbocycles. The molecule has 2 saturated heterocycles. The van der Waals surface area contributed by atoms with Crippen molar-refractivity contribution in [2.24, 2.45) is 28.9 Å². The molecular formula is C16H28N2O2. The Morgan fingerprint density at radius 2 is 1.95 bits per heavy atom. The van der Waals surface area contributed by atoms with Gasteiger partial charge in [0.2, 0.25) is 5.91 Å². The van der Waals surface area contributed by atoms with Crippen molar-refractivity contribution in [2.45, 2.75) is 52.2 Å². The smallest absolute Gasteiger partial charge is 0.243 e. The van der Waals surface area contributed by atoms with Crippen LogP contribution in [0, 0.1) is 23.2 Å². The molecule has 5 atom stereocenters. The van der Waals surface area contributed by atoms with Gasteiger partial charge in [-0.05, 0) is 24.7 Å². The molecule has 0 spiro atoms. The Bertz CT molecular complexity index is 423. The van der Waals surface area contributed by atoms with Gasteiger partial charge in [-0.2, -0.15) is 0 Å². The zero-order valence-electron chi connectivity index (χ0n) is 13.2. The van der Waals surface area contributed by atoms with E-state index in [2.05, 4.69) is 27.7 Å². The number of fused-ring (bicyclic) bond motifs is 1. The normalized spacial score (nSPS) is 46.8. The summed E-state index contributed by atoms with van der Waals surface area (Å²) in [6, 6.07) is 0. The van der Waals surface area contributed by atoms with Crippen molar-refractivity contribution >= 4 is 5.91 Å². The summed E-state index contributed by atoms with van der Waals surface area (Å²) in [5.41, 5.74) is 5.67. The second-order valence-corrected chi connectivity index (χ2v) is 7.77. The SMILES string of the molecule is CC1CCN(C(=O)C2(N)C3CCOC3C2(C)C)CC1C. The molecule has 0 aromatic heterocycles. The number of ether oxygens (including phenoxy) is 1. The summed E-state index contributed by atoms with van der Waals surface area (Å²) in [6.07, 6.45) is 2.18. The molecule has 5 unspecified atom stereocenters. The first-order valence-corrected chi connectivity index (χ1v) is 8.00. The first-order valence-electron chi connectivity index (χ1n) is 8.00. The fraction of sp³-hybridized carbons (Fsp3) is 0.938. The van der Waals surface area contributed by atoms with Gasteiger partial charge < -0.3 is 15.4 Å². The summed E-state index contributed by atoms with van der Waals surface area (Å²) >= 11 is 0. The van der Waals surface area contributed by atoms with Crippen LogP contribution in [-0.2, 0) is 9.53 Å². The van der Waals surface area contributed by atoms with Crippen LogP contribution in [0.25, 0.3) is 0 Å². The quantitative estimate of drug-likeness (QED) is 0.794. The highest BCUT2D eigenvalue weighted by molar-refractivity contribution is 5.89. The van der Waals surface area contributed by atoms with Crippen molar-refractivity contribution < 1.29 is 9.53 Å². The predicted octanol–water partition coefficient (Wildman–Crippen LogP) is 1.63. The van der Waals surface area contributed by atoms with Gasteiger partial charge in [0.05, 0.1) is 6.10 Å². The zero-order valence-corrected chi connectivity index (χ0v) is 13.2. The van der Waals surface area contributed by atoms with Gasteiger partial charge in [-0.25, -0.2) is 0 Å². The van der Waals surface area contributed by atoms with Crippen molar-refractivity contribution in [3.63, 3.8) is 0 Å². The van der Waals surface area contributed by atoms with E-state index in [1.165, 1.54) is 0 Å². The molecule has 3 rings (SSSR count). The van der Waals surface area contributed by atoms with E-state index in [1.807, 2.05) is 4.90 Å². The van der Waals surface area contributed by atoms with Crippen LogP contribution in [-0.4, -0.2) is 42.1 Å². The highest BCUT2D eigenvalue weighted by Gasteiger charge is 2.71. The second kappa shape index (κ2) is 4.44. The van der Waals surface area contributed by atoms with E-state index in [0.29, 0.717) is 11.8 Å². The summed E-state index contributed by atoms with van der Waals surface area (Å²) < 4.78 is 5.79. The summed E-state index contributed by atoms with van der Waals surface area (Å²) in [5, 5.41) is 0. The molecule has 3 fully saturated rings. The summed E-state index contributed by atoms with van der Waals surface area (Å²) in [5.74, 6) is 1.63. The standard InChI is InChI=1S/C16H28N2O2/c1-10-5-7-18(9-11(10)2)14(19)16(17)12-6-8-20-13(12)15(16,3)4/h10-13H,5-9,17H2,1-4H3. The number of nitrogens with zero attached hydrogens (tertiary/aromatic N) is 1. The van der Waals surface area contributed by atoms with Crippen LogP contribution in [0.1, 0.15) is 40.5 Å². The largest absolute Gasteiger partial charge is 0.377 e. The van der Waals surface area contributed by atoms with E-state index in [1.54, 1.807) is 0 Å². The number of piperidine rings is 1. The van der Waals surface area contributed by atoms with Crippen LogP contribution in [0.2, 0.25) is 0 Å². The molecule has 2 N–H and O–H groups in total. The number of likely N-dealkylation sites (tertiary alicyclic amines) is 1. The molecule has 4 nitrogen and oxygen atoms in total. The molecular weight excluding hydrogens is 252 g/mol. The van der Waals surface area contributed by atoms with Gasteiger partial charge in [-0.1, -0.05) is 27.7 Å². The van der Waals surface area contributed by atoms with E-state index in [-0.39, 0.29) is 23.3 Å². The van der Waals surface area contributed by atoms with Crippen LogP contribution >= 0.6 is 0 Å². The molecule has 2 aliphatic heterocycles. The number of rotatable bonds is 1. The van der Waals surface area contributed by atoms with E-state index in [4.69, 9.17) is 10.5 Å². The molecule has 20 heavy (non-hydrogen) atoms. The van der Waals surface area contributed by atoms with Gasteiger partial charge in [0, 0.05) is 31.0 Å². The Balaban J connectivity index is 1.80. The molecule has 0 aromatic rings. The minimum atomic E-state index is -0.728. The summed E-state index contributed by atoms with van der Waals surface area (Å²) in [4.78, 5) is 15.1. The lowest BCUT2D eigenvalue weighted by atomic mass is 9.47. The number of carbonyl (C=O) groups is 1. The molecule has 3 aliphatic rings. The zero-order chi connectivity index (χ0) is 14.7. The Hall–Kier alpha value is -0.610. The minimum Gasteiger partial charge on any atom is -0.377 e. The number of hydrogen-bond donors (Lipinski definition) is 1. The fourth-order valence-electron chi connectivity index (χ4n) is 4.53. The lowest BCUT2D eigenvalue weighted by Crippen LogP contribution is -2.80. The van der Waals surface area contributed by atoms with Gasteiger partial charge in [0.25, 0.3) is 0 Å². The Labute approximate surface area is 122 Å². The molecule has 0 bridgehead atoms. The van der Waals surface area contributed by atoms with Crippen LogP contribution in [0.3, 0.4) is 0 Å². The van der Waals surface area contributed by atoms with Crippen molar-refractivity contribution in [2.75, 3.05) is 19.7 Å². The van der Waals surface area contributed by atoms with E-state index in [9.17, 15) is 4.79 Å². The third-order valence-corrected chi connectivity index (χ3v) is 6.43. The Morgan fingerprint density at radius 1 is 1.25 bits per heavy atom. The highest BCUT2D eigenvalue weighted by Crippen LogP contribution is 2.58. The minimum absolute atomic E-state index is 0.160. The first-order chi connectivity index (χ1) is 9.30. The van der Waals surface area contributed by atoms with Crippen LogP contribution in [0.15, 0.2) is 0 Å². The van der Waals surface area contributed by atoms with E-state index < -0.39 is 5.54 Å². The maximum atomic E-state index is 13.1. The van der Waals surface area contributed by atoms with E-state index in [0.717, 1.165) is 32.5 Å². The maximum Gasteiger partial charge on any atom is 0.243 e. The van der Waals surface area contributed by atoms with Gasteiger partial charge >= 0.3 is 0 Å². The summed E-state index contributed by atoms with van der Waals surface area (Å²) in [7, 11) is 0. The molecule has 0 aromatic carbocycles. The lowest BCUT2D eigenvalue weighted by molar-refractivity contribution is -0.186. The van der Waals surface area contributed by atoms with Gasteiger partial charge in [-0.15, -0.1) is 0 Å². The molecule has 0 radical (unpaired) electrons. The first kappa shape index (κ1) is 14.3. The monoisotopic (exact) mass is 280 g/mol. The van der Waals surface area contributed by atoms with Gasteiger partial charge in [0.15, 0.2) is 0 Å². The molecule has 114 valence electrons. The van der Waals surface area contributed by atoms with Crippen molar-refractivity contribution in [1.29, 1.82) is 0 Å². The molecule has 1 saturated carbocycles. The number of hydrogen-bond acceptors (Lipinski definition) is 3. The maximum absolute atomic E-state index is 13.1. The Kier molecular flexibility index (Phi) is 3.18. The molecule has 2 heterocycles. The van der Waals surface area contributed by atoms with Crippen LogP contribution in [0.4, 0.5) is 0 Å². The van der Waals surface area contributed by atoms with Crippen molar-refractivity contribution in [1.82, 2.24) is 4.90 Å². The number of nitrogens with two attached hydrogens (primary N) is 1. The highest BCUT2D eigenvalue weighted by atomic mass is 16.5. The molecule has 1 amide bonds.